The zero-order valence-electron chi connectivity index (χ0n) is 16.5. The highest BCUT2D eigenvalue weighted by Crippen LogP contribution is 2.23. The second-order valence-corrected chi connectivity index (χ2v) is 7.74. The minimum atomic E-state index is 0. The van der Waals surface area contributed by atoms with Crippen LogP contribution in [0.4, 0.5) is 0 Å². The first kappa shape index (κ1) is 24.8. The van der Waals surface area contributed by atoms with Crippen molar-refractivity contribution in [2.24, 2.45) is 4.99 Å². The van der Waals surface area contributed by atoms with Gasteiger partial charge in [0.15, 0.2) is 5.96 Å². The number of hydrogen-bond donors (Lipinski definition) is 1. The molecule has 1 aromatic carbocycles. The van der Waals surface area contributed by atoms with Crippen LogP contribution in [-0.2, 0) is 6.54 Å². The average molecular weight is 528 g/mol. The lowest BCUT2D eigenvalue weighted by atomic mass is 10.2. The second-order valence-electron chi connectivity index (χ2n) is 6.93. The summed E-state index contributed by atoms with van der Waals surface area (Å²) in [6.07, 6.45) is 2.38. The summed E-state index contributed by atoms with van der Waals surface area (Å²) in [6, 6.07) is 5.74. The molecule has 1 aliphatic heterocycles. The molecule has 2 rings (SSSR count). The molecule has 0 aliphatic carbocycles. The number of rotatable bonds is 6. The third-order valence-corrected chi connectivity index (χ3v) is 5.46. The number of benzene rings is 1. The van der Waals surface area contributed by atoms with Gasteiger partial charge in [-0.3, -0.25) is 4.99 Å². The molecule has 0 saturated carbocycles. The van der Waals surface area contributed by atoms with Crippen LogP contribution >= 0.6 is 47.2 Å². The van der Waals surface area contributed by atoms with Crippen LogP contribution < -0.4 is 5.32 Å². The number of hydrogen-bond acceptors (Lipinski definition) is 3. The van der Waals surface area contributed by atoms with E-state index in [0.29, 0.717) is 10.0 Å². The summed E-state index contributed by atoms with van der Waals surface area (Å²) in [5.74, 6) is 0.895. The van der Waals surface area contributed by atoms with Crippen molar-refractivity contribution in [3.63, 3.8) is 0 Å². The first-order chi connectivity index (χ1) is 12.5. The molecular weight excluding hydrogens is 496 g/mol. The van der Waals surface area contributed by atoms with Gasteiger partial charge in [-0.05, 0) is 57.2 Å². The zero-order chi connectivity index (χ0) is 18.9. The van der Waals surface area contributed by atoms with Crippen molar-refractivity contribution in [2.45, 2.75) is 19.4 Å². The number of likely N-dealkylation sites (N-methyl/N-ethyl adjacent to an activating group) is 1. The van der Waals surface area contributed by atoms with E-state index in [1.165, 1.54) is 32.6 Å². The Morgan fingerprint density at radius 2 is 1.96 bits per heavy atom. The van der Waals surface area contributed by atoms with Crippen molar-refractivity contribution in [3.05, 3.63) is 33.8 Å². The first-order valence-corrected chi connectivity index (χ1v) is 10.0. The van der Waals surface area contributed by atoms with Crippen LogP contribution in [-0.4, -0.2) is 81.1 Å². The second kappa shape index (κ2) is 13.0. The number of nitrogens with one attached hydrogen (secondary N) is 1. The van der Waals surface area contributed by atoms with E-state index in [9.17, 15) is 0 Å². The maximum Gasteiger partial charge on any atom is 0.193 e. The summed E-state index contributed by atoms with van der Waals surface area (Å²) >= 11 is 12.1. The Hall–Kier alpha value is -0.280. The fourth-order valence-corrected chi connectivity index (χ4v) is 3.52. The molecule has 0 unspecified atom stereocenters. The van der Waals surface area contributed by atoms with Crippen molar-refractivity contribution < 1.29 is 0 Å². The smallest absolute Gasteiger partial charge is 0.193 e. The summed E-state index contributed by atoms with van der Waals surface area (Å²) < 4.78 is 0. The Bertz CT molecular complexity index is 599. The van der Waals surface area contributed by atoms with E-state index in [0.717, 1.165) is 37.6 Å². The van der Waals surface area contributed by atoms with Gasteiger partial charge in [0.2, 0.25) is 0 Å². The van der Waals surface area contributed by atoms with E-state index < -0.39 is 0 Å². The molecule has 1 heterocycles. The highest BCUT2D eigenvalue weighted by molar-refractivity contribution is 14.0. The summed E-state index contributed by atoms with van der Waals surface area (Å²) in [4.78, 5) is 11.5. The number of nitrogens with zero attached hydrogens (tertiary/aromatic N) is 4. The molecule has 27 heavy (non-hydrogen) atoms. The minimum absolute atomic E-state index is 0. The van der Waals surface area contributed by atoms with Crippen LogP contribution in [0.3, 0.4) is 0 Å². The fraction of sp³-hybridized carbons (Fsp3) is 0.632. The summed E-state index contributed by atoms with van der Waals surface area (Å²) in [6.45, 7) is 7.54. The molecule has 8 heteroatoms. The molecule has 154 valence electrons. The minimum Gasteiger partial charge on any atom is -0.356 e. The summed E-state index contributed by atoms with van der Waals surface area (Å²) in [5, 5.41) is 4.63. The number of halogens is 3. The van der Waals surface area contributed by atoms with Gasteiger partial charge in [0, 0.05) is 40.3 Å². The van der Waals surface area contributed by atoms with Crippen molar-refractivity contribution >= 4 is 53.1 Å². The molecule has 0 radical (unpaired) electrons. The van der Waals surface area contributed by atoms with Crippen LogP contribution in [0, 0.1) is 0 Å². The number of aliphatic imine (C=N–C) groups is 1. The van der Waals surface area contributed by atoms with Gasteiger partial charge in [-0.1, -0.05) is 29.3 Å². The van der Waals surface area contributed by atoms with E-state index in [1.54, 1.807) is 0 Å². The van der Waals surface area contributed by atoms with E-state index in [-0.39, 0.29) is 24.0 Å². The largest absolute Gasteiger partial charge is 0.356 e. The Labute approximate surface area is 191 Å². The Morgan fingerprint density at radius 3 is 2.67 bits per heavy atom. The molecule has 0 atom stereocenters. The highest BCUT2D eigenvalue weighted by atomic mass is 127. The monoisotopic (exact) mass is 527 g/mol. The Morgan fingerprint density at radius 1 is 1.19 bits per heavy atom. The predicted octanol–water partition coefficient (Wildman–Crippen LogP) is 3.65. The van der Waals surface area contributed by atoms with Gasteiger partial charge < -0.3 is 20.0 Å². The van der Waals surface area contributed by atoms with Crippen LogP contribution in [0.25, 0.3) is 0 Å². The normalized spacial score (nSPS) is 16.6. The fourth-order valence-electron chi connectivity index (χ4n) is 3.20. The topological polar surface area (TPSA) is 34.1 Å². The summed E-state index contributed by atoms with van der Waals surface area (Å²) in [7, 11) is 6.06. The predicted molar refractivity (Wildman–Crippen MR) is 128 cm³/mol. The molecule has 1 fully saturated rings. The third kappa shape index (κ3) is 8.73. The quantitative estimate of drug-likeness (QED) is 0.265. The van der Waals surface area contributed by atoms with Crippen LogP contribution in [0.1, 0.15) is 18.4 Å². The lowest BCUT2D eigenvalue weighted by Gasteiger charge is -2.24. The molecular formula is C19H32Cl2IN5. The van der Waals surface area contributed by atoms with Crippen LogP contribution in [0.15, 0.2) is 23.2 Å². The van der Waals surface area contributed by atoms with Gasteiger partial charge in [-0.15, -0.1) is 24.0 Å². The lowest BCUT2D eigenvalue weighted by molar-refractivity contribution is 0.273. The third-order valence-electron chi connectivity index (χ3n) is 4.72. The van der Waals surface area contributed by atoms with Crippen molar-refractivity contribution in [3.8, 4) is 0 Å². The molecule has 1 N–H and O–H groups in total. The van der Waals surface area contributed by atoms with Crippen molar-refractivity contribution in [2.75, 3.05) is 60.4 Å². The van der Waals surface area contributed by atoms with Crippen LogP contribution in [0.5, 0.6) is 0 Å². The van der Waals surface area contributed by atoms with Gasteiger partial charge in [0.05, 0.1) is 10.0 Å². The zero-order valence-corrected chi connectivity index (χ0v) is 20.4. The van der Waals surface area contributed by atoms with E-state index in [1.807, 2.05) is 32.3 Å². The van der Waals surface area contributed by atoms with Crippen LogP contribution in [0.2, 0.25) is 10.0 Å². The Kier molecular flexibility index (Phi) is 12.0. The Balaban J connectivity index is 0.00000364. The van der Waals surface area contributed by atoms with Crippen molar-refractivity contribution in [1.29, 1.82) is 0 Å². The molecule has 0 bridgehead atoms. The number of guanidine groups is 1. The average Bonchev–Trinajstić information content (AvgIpc) is 2.82. The first-order valence-electron chi connectivity index (χ1n) is 9.26. The molecule has 0 amide bonds. The standard InChI is InChI=1S/C19H31Cl2N5.HI/c1-22-19(25(3)15-16-6-7-17(20)18(21)14-16)23-8-4-10-26-11-5-9-24(2)12-13-26;/h6-7,14H,4-5,8-13,15H2,1-3H3,(H,22,23);1H. The van der Waals surface area contributed by atoms with Gasteiger partial charge in [-0.25, -0.2) is 0 Å². The molecule has 1 aromatic rings. The molecule has 0 spiro atoms. The molecule has 0 aromatic heterocycles. The lowest BCUT2D eigenvalue weighted by Crippen LogP contribution is -2.40. The SMILES string of the molecule is CN=C(NCCCN1CCCN(C)CC1)N(C)Cc1ccc(Cl)c(Cl)c1.I. The maximum atomic E-state index is 6.10. The summed E-state index contributed by atoms with van der Waals surface area (Å²) in [5.41, 5.74) is 1.11. The van der Waals surface area contributed by atoms with Gasteiger partial charge in [0.25, 0.3) is 0 Å². The van der Waals surface area contributed by atoms with Gasteiger partial charge in [-0.2, -0.15) is 0 Å². The van der Waals surface area contributed by atoms with E-state index in [2.05, 4.69) is 32.1 Å². The van der Waals surface area contributed by atoms with Gasteiger partial charge >= 0.3 is 0 Å². The van der Waals surface area contributed by atoms with Gasteiger partial charge in [0.1, 0.15) is 0 Å². The molecule has 1 saturated heterocycles. The van der Waals surface area contributed by atoms with Crippen molar-refractivity contribution in [1.82, 2.24) is 20.0 Å². The maximum absolute atomic E-state index is 6.10. The molecule has 1 aliphatic rings. The van der Waals surface area contributed by atoms with E-state index >= 15 is 0 Å². The molecule has 5 nitrogen and oxygen atoms in total. The highest BCUT2D eigenvalue weighted by Gasteiger charge is 2.12. The van der Waals surface area contributed by atoms with E-state index in [4.69, 9.17) is 23.2 Å².